The third-order valence-electron chi connectivity index (χ3n) is 6.22. The second-order valence-electron chi connectivity index (χ2n) is 9.61. The summed E-state index contributed by atoms with van der Waals surface area (Å²) in [6.45, 7) is 3.93. The van der Waals surface area contributed by atoms with Crippen LogP contribution in [0.2, 0.25) is 0 Å². The Kier molecular flexibility index (Phi) is 16.7. The maximum Gasteiger partial charge on any atom is 0.490 e. The van der Waals surface area contributed by atoms with Crippen molar-refractivity contribution in [2.75, 3.05) is 77.9 Å². The topological polar surface area (TPSA) is 216 Å². The summed E-state index contributed by atoms with van der Waals surface area (Å²) in [6.07, 6.45) is -4.95. The van der Waals surface area contributed by atoms with Crippen molar-refractivity contribution in [2.45, 2.75) is 31.5 Å². The van der Waals surface area contributed by atoms with E-state index in [9.17, 15) is 37.1 Å². The summed E-state index contributed by atoms with van der Waals surface area (Å²) in [5.41, 5.74) is 0.886. The number of rotatable bonds is 20. The van der Waals surface area contributed by atoms with E-state index in [4.69, 9.17) is 38.7 Å². The molecule has 0 saturated carbocycles. The number of hydrogen-bond acceptors (Lipinski definition) is 12. The summed E-state index contributed by atoms with van der Waals surface area (Å²) >= 11 is 0. The first-order valence-electron chi connectivity index (χ1n) is 14.3. The predicted octanol–water partition coefficient (Wildman–Crippen LogP) is 0.691. The van der Waals surface area contributed by atoms with Gasteiger partial charge in [-0.25, -0.2) is 4.79 Å². The van der Waals surface area contributed by atoms with Gasteiger partial charge in [-0.05, 0) is 18.6 Å². The number of halogens is 3. The molecule has 4 N–H and O–H groups in total. The number of hydrogen-bond donors (Lipinski definition) is 4. The van der Waals surface area contributed by atoms with Crippen molar-refractivity contribution in [2.24, 2.45) is 0 Å². The predicted molar refractivity (Wildman–Crippen MR) is 152 cm³/mol. The van der Waals surface area contributed by atoms with E-state index in [0.717, 1.165) is 4.90 Å². The quantitative estimate of drug-likeness (QED) is 0.110. The molecular formula is C28H36F3N3O13. The lowest BCUT2D eigenvalue weighted by Gasteiger charge is -2.27. The van der Waals surface area contributed by atoms with E-state index >= 15 is 0 Å². The van der Waals surface area contributed by atoms with Gasteiger partial charge in [-0.2, -0.15) is 13.2 Å². The van der Waals surface area contributed by atoms with Crippen LogP contribution in [0.25, 0.3) is 0 Å². The number of carboxylic acids is 2. The number of anilines is 1. The fourth-order valence-electron chi connectivity index (χ4n) is 4.06. The van der Waals surface area contributed by atoms with Crippen LogP contribution in [-0.4, -0.2) is 136 Å². The average molecular weight is 680 g/mol. The fourth-order valence-corrected chi connectivity index (χ4v) is 4.06. The van der Waals surface area contributed by atoms with Crippen LogP contribution in [-0.2, 0) is 42.9 Å². The van der Waals surface area contributed by atoms with Gasteiger partial charge < -0.3 is 39.2 Å². The number of piperidine rings is 1. The summed E-state index contributed by atoms with van der Waals surface area (Å²) in [6, 6.07) is 3.87. The molecule has 16 nitrogen and oxygen atoms in total. The number of ether oxygens (including phenoxy) is 5. The summed E-state index contributed by atoms with van der Waals surface area (Å²) in [4.78, 5) is 69.8. The largest absolute Gasteiger partial charge is 0.490 e. The number of imide groups is 2. The van der Waals surface area contributed by atoms with E-state index in [1.165, 1.54) is 0 Å². The molecule has 1 atom stereocenters. The van der Waals surface area contributed by atoms with Crippen LogP contribution in [0.15, 0.2) is 18.2 Å². The number of nitrogens with one attached hydrogen (secondary N) is 2. The molecule has 0 spiro atoms. The molecule has 4 amide bonds. The highest BCUT2D eigenvalue weighted by atomic mass is 19.4. The van der Waals surface area contributed by atoms with Gasteiger partial charge in [-0.15, -0.1) is 0 Å². The number of carboxylic acid groups (broad SMARTS) is 2. The molecule has 0 bridgehead atoms. The molecule has 3 rings (SSSR count). The molecule has 0 aromatic heterocycles. The number of aliphatic carboxylic acids is 2. The summed E-state index contributed by atoms with van der Waals surface area (Å²) in [7, 11) is 0. The SMILES string of the molecule is O=C(O)C(F)(F)F.O=C(O)CCOCCOCCOCCOCCOCCNc1cccc2c1C(=O)N(C1CCC(=O)NC1=O)C2=O. The highest BCUT2D eigenvalue weighted by Gasteiger charge is 2.45. The Hall–Kier alpha value is -4.17. The van der Waals surface area contributed by atoms with Crippen LogP contribution in [0, 0.1) is 0 Å². The maximum atomic E-state index is 13.1. The van der Waals surface area contributed by atoms with Crippen molar-refractivity contribution < 1.29 is 75.8 Å². The summed E-state index contributed by atoms with van der Waals surface area (Å²) < 4.78 is 58.5. The van der Waals surface area contributed by atoms with Crippen molar-refractivity contribution in [3.8, 4) is 0 Å². The molecule has 2 heterocycles. The monoisotopic (exact) mass is 679 g/mol. The number of nitrogens with zero attached hydrogens (tertiary/aromatic N) is 1. The third kappa shape index (κ3) is 13.6. The maximum absolute atomic E-state index is 13.1. The van der Waals surface area contributed by atoms with Crippen molar-refractivity contribution >= 4 is 41.3 Å². The molecule has 1 aromatic rings. The Morgan fingerprint density at radius 1 is 0.830 bits per heavy atom. The van der Waals surface area contributed by atoms with E-state index in [2.05, 4.69) is 10.6 Å². The van der Waals surface area contributed by atoms with Gasteiger partial charge in [0, 0.05) is 18.7 Å². The van der Waals surface area contributed by atoms with Crippen molar-refractivity contribution in [3.05, 3.63) is 29.3 Å². The summed E-state index contributed by atoms with van der Waals surface area (Å²) in [5.74, 6) is -5.84. The van der Waals surface area contributed by atoms with Gasteiger partial charge in [0.15, 0.2) is 0 Å². The summed E-state index contributed by atoms with van der Waals surface area (Å²) in [5, 5.41) is 20.9. The molecule has 2 aliphatic heterocycles. The first-order valence-corrected chi connectivity index (χ1v) is 14.3. The van der Waals surface area contributed by atoms with Gasteiger partial charge in [0.1, 0.15) is 6.04 Å². The van der Waals surface area contributed by atoms with Gasteiger partial charge in [-0.1, -0.05) is 6.07 Å². The van der Waals surface area contributed by atoms with Gasteiger partial charge in [0.25, 0.3) is 11.8 Å². The molecule has 0 aliphatic carbocycles. The molecule has 1 aromatic carbocycles. The Morgan fingerprint density at radius 2 is 1.34 bits per heavy atom. The van der Waals surface area contributed by atoms with Gasteiger partial charge in [0.2, 0.25) is 11.8 Å². The average Bonchev–Trinajstić information content (AvgIpc) is 3.26. The minimum absolute atomic E-state index is 0.0275. The van der Waals surface area contributed by atoms with Crippen molar-refractivity contribution in [1.29, 1.82) is 0 Å². The first kappa shape index (κ1) is 39.0. The standard InChI is InChI=1S/C26H35N3O11.C2HF3O2/c30-21-5-4-20(24(33)28-21)29-25(34)18-2-1-3-19(23(18)26(29)35)27-7-9-37-11-13-39-15-17-40-16-14-38-12-10-36-8-6-22(31)32;3-2(4,5)1(6)7/h1-3,20,27H,4-17H2,(H,31,32)(H,28,30,33);(H,6,7). The van der Waals surface area contributed by atoms with Crippen LogP contribution in [0.3, 0.4) is 0 Å². The Bertz CT molecular complexity index is 1250. The number of carbonyl (C=O) groups is 6. The number of carbonyl (C=O) groups excluding carboxylic acids is 4. The first-order chi connectivity index (χ1) is 22.3. The van der Waals surface area contributed by atoms with Gasteiger partial charge >= 0.3 is 18.1 Å². The van der Waals surface area contributed by atoms with E-state index < -0.39 is 47.8 Å². The van der Waals surface area contributed by atoms with Crippen molar-refractivity contribution in [3.63, 3.8) is 0 Å². The zero-order chi connectivity index (χ0) is 34.8. The second kappa shape index (κ2) is 20.1. The highest BCUT2D eigenvalue weighted by molar-refractivity contribution is 6.25. The Morgan fingerprint density at radius 3 is 1.83 bits per heavy atom. The smallest absolute Gasteiger partial charge is 0.481 e. The molecule has 19 heteroatoms. The van der Waals surface area contributed by atoms with Gasteiger partial charge in [0.05, 0.1) is 83.6 Å². The second-order valence-corrected chi connectivity index (χ2v) is 9.61. The molecular weight excluding hydrogens is 643 g/mol. The number of fused-ring (bicyclic) bond motifs is 1. The minimum atomic E-state index is -5.08. The Labute approximate surface area is 266 Å². The van der Waals surface area contributed by atoms with Crippen LogP contribution in [0.1, 0.15) is 40.0 Å². The molecule has 2 aliphatic rings. The third-order valence-corrected chi connectivity index (χ3v) is 6.22. The Balaban J connectivity index is 0.000000984. The molecule has 262 valence electrons. The van der Waals surface area contributed by atoms with E-state index in [-0.39, 0.29) is 37.0 Å². The lowest BCUT2D eigenvalue weighted by Crippen LogP contribution is -2.54. The van der Waals surface area contributed by atoms with E-state index in [1.807, 2.05) is 0 Å². The van der Waals surface area contributed by atoms with E-state index in [0.29, 0.717) is 71.7 Å². The molecule has 1 saturated heterocycles. The zero-order valence-electron chi connectivity index (χ0n) is 25.2. The number of alkyl halides is 3. The lowest BCUT2D eigenvalue weighted by molar-refractivity contribution is -0.192. The van der Waals surface area contributed by atoms with Crippen LogP contribution in [0.5, 0.6) is 0 Å². The number of amides is 4. The highest BCUT2D eigenvalue weighted by Crippen LogP contribution is 2.32. The molecule has 0 radical (unpaired) electrons. The van der Waals surface area contributed by atoms with Crippen molar-refractivity contribution in [1.82, 2.24) is 10.2 Å². The zero-order valence-corrected chi connectivity index (χ0v) is 25.2. The van der Waals surface area contributed by atoms with Crippen LogP contribution >= 0.6 is 0 Å². The number of benzene rings is 1. The van der Waals surface area contributed by atoms with Gasteiger partial charge in [-0.3, -0.25) is 34.2 Å². The lowest BCUT2D eigenvalue weighted by atomic mass is 10.0. The van der Waals surface area contributed by atoms with E-state index in [1.54, 1.807) is 18.2 Å². The molecule has 47 heavy (non-hydrogen) atoms. The normalized spacial score (nSPS) is 16.0. The fraction of sp³-hybridized carbons (Fsp3) is 0.571. The molecule has 1 unspecified atom stereocenters. The van der Waals surface area contributed by atoms with Crippen LogP contribution in [0.4, 0.5) is 18.9 Å². The minimum Gasteiger partial charge on any atom is -0.481 e. The molecule has 1 fully saturated rings. The van der Waals surface area contributed by atoms with Crippen LogP contribution < -0.4 is 10.6 Å².